The first-order chi connectivity index (χ1) is 15.9. The van der Waals surface area contributed by atoms with E-state index >= 15 is 0 Å². The van der Waals surface area contributed by atoms with Crippen LogP contribution in [0.25, 0.3) is 6.08 Å². The van der Waals surface area contributed by atoms with Crippen LogP contribution in [0, 0.1) is 0 Å². The Balaban J connectivity index is 1.30. The molecule has 1 aliphatic heterocycles. The van der Waals surface area contributed by atoms with Crippen LogP contribution in [0.2, 0.25) is 0 Å². The highest BCUT2D eigenvalue weighted by atomic mass is 32.2. The number of likely N-dealkylation sites (N-methyl/N-ethyl adjacent to an activating group) is 1. The number of rotatable bonds is 8. The summed E-state index contributed by atoms with van der Waals surface area (Å²) in [5.74, 6) is 1.69. The lowest BCUT2D eigenvalue weighted by Gasteiger charge is -2.29. The minimum atomic E-state index is -3.67. The Bertz CT molecular complexity index is 1220. The molecule has 1 aliphatic rings. The normalized spacial score (nSPS) is 15.5. The highest BCUT2D eigenvalue weighted by molar-refractivity contribution is 7.89. The van der Waals surface area contributed by atoms with E-state index in [0.717, 1.165) is 0 Å². The molecule has 9 heteroatoms. The lowest BCUT2D eigenvalue weighted by molar-refractivity contribution is -0.126. The number of sulfonamides is 1. The number of hydrogen-bond donors (Lipinski definition) is 1. The summed E-state index contributed by atoms with van der Waals surface area (Å²) in [7, 11) is -1.98. The first-order valence-corrected chi connectivity index (χ1v) is 11.8. The Labute approximate surface area is 192 Å². The monoisotopic (exact) mass is 468 g/mol. The zero-order chi connectivity index (χ0) is 23.3. The number of benzene rings is 2. The van der Waals surface area contributed by atoms with Crippen LogP contribution >= 0.6 is 0 Å². The molecular weight excluding hydrogens is 444 g/mol. The Morgan fingerprint density at radius 3 is 2.58 bits per heavy atom. The van der Waals surface area contributed by atoms with Crippen molar-refractivity contribution in [3.05, 3.63) is 84.3 Å². The molecule has 0 spiro atoms. The number of para-hydroxylation sites is 2. The largest absolute Gasteiger partial charge is 0.486 e. The fraction of sp³-hybridized carbons (Fsp3) is 0.208. The van der Waals surface area contributed by atoms with Gasteiger partial charge in [-0.15, -0.1) is 0 Å². The Morgan fingerprint density at radius 1 is 1.09 bits per heavy atom. The molecule has 33 heavy (non-hydrogen) atoms. The summed E-state index contributed by atoms with van der Waals surface area (Å²) in [5.41, 5.74) is 0.702. The minimum absolute atomic E-state index is 0.0686. The number of ether oxygens (including phenoxy) is 2. The van der Waals surface area contributed by atoms with Crippen LogP contribution in [0.4, 0.5) is 0 Å². The van der Waals surface area contributed by atoms with E-state index in [1.165, 1.54) is 24.5 Å². The quantitative estimate of drug-likeness (QED) is 0.510. The molecule has 1 N–H and O–H groups in total. The van der Waals surface area contributed by atoms with Crippen molar-refractivity contribution in [2.45, 2.75) is 17.5 Å². The van der Waals surface area contributed by atoms with Crippen molar-refractivity contribution < 1.29 is 27.1 Å². The van der Waals surface area contributed by atoms with E-state index in [1.807, 2.05) is 24.3 Å². The van der Waals surface area contributed by atoms with Crippen molar-refractivity contribution in [1.29, 1.82) is 0 Å². The lowest BCUT2D eigenvalue weighted by Crippen LogP contribution is -2.41. The SMILES string of the molecule is CN(CC1COc2ccccc2O1)C(=O)C=Cc1ccc(S(=O)(=O)NCc2ccco2)cc1. The van der Waals surface area contributed by atoms with E-state index in [9.17, 15) is 13.2 Å². The maximum atomic E-state index is 12.5. The van der Waals surface area contributed by atoms with E-state index in [-0.39, 0.29) is 23.5 Å². The molecule has 1 atom stereocenters. The van der Waals surface area contributed by atoms with Crippen molar-refractivity contribution >= 4 is 22.0 Å². The fourth-order valence-electron chi connectivity index (χ4n) is 3.26. The average molecular weight is 469 g/mol. The van der Waals surface area contributed by atoms with Gasteiger partial charge in [-0.25, -0.2) is 13.1 Å². The number of nitrogens with zero attached hydrogens (tertiary/aromatic N) is 1. The van der Waals surface area contributed by atoms with Gasteiger partial charge in [0, 0.05) is 13.1 Å². The molecule has 0 aliphatic carbocycles. The molecule has 2 aromatic carbocycles. The van der Waals surface area contributed by atoms with Crippen molar-refractivity contribution in [1.82, 2.24) is 9.62 Å². The molecule has 172 valence electrons. The van der Waals surface area contributed by atoms with Gasteiger partial charge in [-0.3, -0.25) is 4.79 Å². The first kappa shape index (κ1) is 22.6. The molecule has 1 amide bonds. The van der Waals surface area contributed by atoms with E-state index in [0.29, 0.717) is 36.0 Å². The summed E-state index contributed by atoms with van der Waals surface area (Å²) in [6, 6.07) is 17.1. The van der Waals surface area contributed by atoms with Gasteiger partial charge in [0.2, 0.25) is 15.9 Å². The Kier molecular flexibility index (Phi) is 6.81. The first-order valence-electron chi connectivity index (χ1n) is 10.3. The van der Waals surface area contributed by atoms with Crippen LogP contribution in [-0.2, 0) is 21.4 Å². The fourth-order valence-corrected chi connectivity index (χ4v) is 4.26. The van der Waals surface area contributed by atoms with Gasteiger partial charge in [-0.1, -0.05) is 24.3 Å². The molecule has 0 bridgehead atoms. The lowest BCUT2D eigenvalue weighted by atomic mass is 10.2. The van der Waals surface area contributed by atoms with Gasteiger partial charge in [0.15, 0.2) is 17.6 Å². The van der Waals surface area contributed by atoms with Crippen LogP contribution < -0.4 is 14.2 Å². The molecular formula is C24H24N2O6S. The van der Waals surface area contributed by atoms with Crippen molar-refractivity contribution in [2.75, 3.05) is 20.2 Å². The van der Waals surface area contributed by atoms with Crippen molar-refractivity contribution in [3.63, 3.8) is 0 Å². The van der Waals surface area contributed by atoms with Crippen LogP contribution in [0.5, 0.6) is 11.5 Å². The van der Waals surface area contributed by atoms with E-state index in [4.69, 9.17) is 13.9 Å². The maximum absolute atomic E-state index is 12.5. The highest BCUT2D eigenvalue weighted by Gasteiger charge is 2.23. The number of carbonyl (C=O) groups excluding carboxylic acids is 1. The predicted molar refractivity (Wildman–Crippen MR) is 122 cm³/mol. The van der Waals surface area contributed by atoms with Crippen molar-refractivity contribution in [2.24, 2.45) is 0 Å². The number of carbonyl (C=O) groups is 1. The summed E-state index contributed by atoms with van der Waals surface area (Å²) in [6.45, 7) is 0.803. The van der Waals surface area contributed by atoms with Crippen LogP contribution in [0.3, 0.4) is 0 Å². The van der Waals surface area contributed by atoms with E-state index in [1.54, 1.807) is 42.3 Å². The summed E-state index contributed by atoms with van der Waals surface area (Å²) in [6.07, 6.45) is 4.30. The smallest absolute Gasteiger partial charge is 0.246 e. The summed E-state index contributed by atoms with van der Waals surface area (Å²) in [4.78, 5) is 14.2. The molecule has 3 aromatic rings. The zero-order valence-electron chi connectivity index (χ0n) is 18.0. The number of hydrogen-bond acceptors (Lipinski definition) is 6. The molecule has 1 unspecified atom stereocenters. The molecule has 8 nitrogen and oxygen atoms in total. The minimum Gasteiger partial charge on any atom is -0.486 e. The average Bonchev–Trinajstić information content (AvgIpc) is 3.35. The van der Waals surface area contributed by atoms with Crippen LogP contribution in [0.1, 0.15) is 11.3 Å². The van der Waals surface area contributed by atoms with Gasteiger partial charge in [0.1, 0.15) is 12.4 Å². The van der Waals surface area contributed by atoms with Gasteiger partial charge >= 0.3 is 0 Å². The third kappa shape index (κ3) is 5.82. The second-order valence-corrected chi connectivity index (χ2v) is 9.29. The summed E-state index contributed by atoms with van der Waals surface area (Å²) < 4.78 is 44.0. The van der Waals surface area contributed by atoms with Gasteiger partial charge in [-0.2, -0.15) is 0 Å². The second kappa shape index (κ2) is 9.93. The number of amides is 1. The van der Waals surface area contributed by atoms with Gasteiger partial charge < -0.3 is 18.8 Å². The standard InChI is InChI=1S/C24H24N2O6S/c1-26(16-20-17-31-22-6-2-3-7-23(22)32-20)24(27)13-10-18-8-11-21(12-9-18)33(28,29)25-15-19-5-4-14-30-19/h2-14,20,25H,15-17H2,1H3. The van der Waals surface area contributed by atoms with Gasteiger partial charge in [-0.05, 0) is 48.0 Å². The molecule has 2 heterocycles. The second-order valence-electron chi connectivity index (χ2n) is 7.52. The van der Waals surface area contributed by atoms with E-state index in [2.05, 4.69) is 4.72 Å². The molecule has 0 saturated heterocycles. The van der Waals surface area contributed by atoms with Crippen LogP contribution in [-0.4, -0.2) is 45.5 Å². The molecule has 0 fully saturated rings. The Morgan fingerprint density at radius 2 is 1.85 bits per heavy atom. The summed E-state index contributed by atoms with van der Waals surface area (Å²) >= 11 is 0. The third-order valence-electron chi connectivity index (χ3n) is 5.05. The number of fused-ring (bicyclic) bond motifs is 1. The van der Waals surface area contributed by atoms with E-state index < -0.39 is 10.0 Å². The van der Waals surface area contributed by atoms with Gasteiger partial charge in [0.05, 0.1) is 24.2 Å². The van der Waals surface area contributed by atoms with Crippen molar-refractivity contribution in [3.8, 4) is 11.5 Å². The van der Waals surface area contributed by atoms with Crippen LogP contribution in [0.15, 0.2) is 82.3 Å². The summed E-state index contributed by atoms with van der Waals surface area (Å²) in [5, 5.41) is 0. The molecule has 4 rings (SSSR count). The zero-order valence-corrected chi connectivity index (χ0v) is 18.8. The number of nitrogens with one attached hydrogen (secondary N) is 1. The highest BCUT2D eigenvalue weighted by Crippen LogP contribution is 2.30. The van der Waals surface area contributed by atoms with Gasteiger partial charge in [0.25, 0.3) is 0 Å². The molecule has 0 saturated carbocycles. The third-order valence-corrected chi connectivity index (χ3v) is 6.46. The molecule has 1 aromatic heterocycles. The maximum Gasteiger partial charge on any atom is 0.246 e. The Hall–Kier alpha value is -3.56. The predicted octanol–water partition coefficient (Wildman–Crippen LogP) is 3.07. The molecule has 0 radical (unpaired) electrons. The topological polar surface area (TPSA) is 98.1 Å². The number of furan rings is 1.